The third-order valence-electron chi connectivity index (χ3n) is 2.04. The molecule has 0 aliphatic heterocycles. The van der Waals surface area contributed by atoms with Gasteiger partial charge in [-0.15, -0.1) is 0 Å². The zero-order valence-corrected chi connectivity index (χ0v) is 10.1. The molecule has 7 heteroatoms. The Labute approximate surface area is 94.5 Å². The maximum atomic E-state index is 10.2. The van der Waals surface area contributed by atoms with Gasteiger partial charge in [0.1, 0.15) is 0 Å². The number of unbranched alkanes of at least 4 members (excludes halogenated alkanes) is 3. The molecule has 0 unspecified atom stereocenters. The van der Waals surface area contributed by atoms with E-state index in [0.717, 1.165) is 19.3 Å². The molecule has 0 saturated heterocycles. The quantitative estimate of drug-likeness (QED) is 0.278. The maximum Gasteiger partial charge on any atom is 0.467 e. The van der Waals surface area contributed by atoms with Crippen molar-refractivity contribution in [1.82, 2.24) is 0 Å². The van der Waals surface area contributed by atoms with E-state index in [1.165, 1.54) is 18.2 Å². The lowest BCUT2D eigenvalue weighted by molar-refractivity contribution is 0.564. The molecule has 0 rings (SSSR count). The second-order valence-electron chi connectivity index (χ2n) is 3.19. The van der Waals surface area contributed by atoms with E-state index in [9.17, 15) is 14.4 Å². The molecule has 0 aromatic carbocycles. The summed E-state index contributed by atoms with van der Waals surface area (Å²) in [7, 11) is -3.24. The van der Waals surface area contributed by atoms with Gasteiger partial charge in [-0.25, -0.2) is 14.4 Å². The zero-order chi connectivity index (χ0) is 12.3. The van der Waals surface area contributed by atoms with Crippen LogP contribution in [0.3, 0.4) is 0 Å². The molecule has 0 aromatic heterocycles. The van der Waals surface area contributed by atoms with Gasteiger partial charge in [-0.1, -0.05) is 32.6 Å². The van der Waals surface area contributed by atoms with Crippen molar-refractivity contribution < 1.29 is 14.4 Å². The molecule has 6 nitrogen and oxygen atoms in total. The molecular weight excluding hydrogens is 226 g/mol. The van der Waals surface area contributed by atoms with Crippen LogP contribution in [0.15, 0.2) is 14.0 Å². The van der Waals surface area contributed by atoms with Crippen molar-refractivity contribution in [3.63, 3.8) is 0 Å². The highest BCUT2D eigenvalue weighted by Gasteiger charge is 2.35. The van der Waals surface area contributed by atoms with Gasteiger partial charge in [0.05, 0.1) is 0 Å². The third kappa shape index (κ3) is 5.29. The molecule has 0 saturated carbocycles. The van der Waals surface area contributed by atoms with Gasteiger partial charge in [-0.2, -0.15) is 14.0 Å². The summed E-state index contributed by atoms with van der Waals surface area (Å²) >= 11 is 0. The SMILES string of the molecule is CCCCCC[Si](N=C=O)(N=C=O)N=C=O. The first-order valence-corrected chi connectivity index (χ1v) is 7.06. The molecule has 0 amide bonds. The molecule has 0 radical (unpaired) electrons. The van der Waals surface area contributed by atoms with Crippen LogP contribution in [0.25, 0.3) is 0 Å². The number of rotatable bonds is 8. The summed E-state index contributed by atoms with van der Waals surface area (Å²) in [5.74, 6) is 0. The Balaban J connectivity index is 4.68. The lowest BCUT2D eigenvalue weighted by atomic mass is 10.2. The van der Waals surface area contributed by atoms with Crippen molar-refractivity contribution in [2.45, 2.75) is 38.7 Å². The molecule has 0 heterocycles. The summed E-state index contributed by atoms with van der Waals surface area (Å²) in [5.41, 5.74) is 0. The van der Waals surface area contributed by atoms with Crippen LogP contribution in [0.2, 0.25) is 6.04 Å². The number of hydrogen-bond donors (Lipinski definition) is 0. The van der Waals surface area contributed by atoms with E-state index >= 15 is 0 Å². The summed E-state index contributed by atoms with van der Waals surface area (Å²) in [6, 6.07) is 0.340. The summed E-state index contributed by atoms with van der Waals surface area (Å²) in [4.78, 5) is 30.7. The molecule has 0 aromatic rings. The topological polar surface area (TPSA) is 88.3 Å². The molecule has 86 valence electrons. The van der Waals surface area contributed by atoms with E-state index in [1.54, 1.807) is 0 Å². The second-order valence-corrected chi connectivity index (χ2v) is 5.91. The smallest absolute Gasteiger partial charge is 0.212 e. The van der Waals surface area contributed by atoms with Gasteiger partial charge in [0.25, 0.3) is 0 Å². The number of isocyanates is 3. The monoisotopic (exact) mass is 239 g/mol. The molecule has 16 heavy (non-hydrogen) atoms. The highest BCUT2D eigenvalue weighted by Crippen LogP contribution is 2.18. The molecule has 0 N–H and O–H groups in total. The fourth-order valence-electron chi connectivity index (χ4n) is 1.25. The number of nitrogens with zero attached hydrogens (tertiary/aromatic N) is 3. The fraction of sp³-hybridized carbons (Fsp3) is 0.667. The van der Waals surface area contributed by atoms with Crippen molar-refractivity contribution in [3.05, 3.63) is 0 Å². The van der Waals surface area contributed by atoms with Gasteiger partial charge in [-0.3, -0.25) is 0 Å². The molecular formula is C9H13N3O3Si. The van der Waals surface area contributed by atoms with Crippen LogP contribution in [0.4, 0.5) is 0 Å². The lowest BCUT2D eigenvalue weighted by Gasteiger charge is -2.09. The highest BCUT2D eigenvalue weighted by molar-refractivity contribution is 6.76. The minimum atomic E-state index is -3.24. The van der Waals surface area contributed by atoms with Crippen molar-refractivity contribution in [3.8, 4) is 0 Å². The molecule has 0 bridgehead atoms. The largest absolute Gasteiger partial charge is 0.467 e. The number of hydrogen-bond acceptors (Lipinski definition) is 6. The summed E-state index contributed by atoms with van der Waals surface area (Å²) < 4.78 is 10.2. The number of carbonyl (C=O) groups excluding carboxylic acids is 3. The van der Waals surface area contributed by atoms with Gasteiger partial charge >= 0.3 is 8.56 Å². The van der Waals surface area contributed by atoms with Crippen LogP contribution in [-0.4, -0.2) is 26.8 Å². The van der Waals surface area contributed by atoms with Crippen LogP contribution in [0, 0.1) is 0 Å². The molecule has 0 spiro atoms. The first-order chi connectivity index (χ1) is 7.74. The summed E-state index contributed by atoms with van der Waals surface area (Å²) in [5, 5.41) is 0. The first kappa shape index (κ1) is 14.4. The van der Waals surface area contributed by atoms with E-state index in [0.29, 0.717) is 12.5 Å². The average Bonchev–Trinajstić information content (AvgIpc) is 2.26. The Morgan fingerprint density at radius 1 is 0.875 bits per heavy atom. The van der Waals surface area contributed by atoms with Crippen LogP contribution in [0.1, 0.15) is 32.6 Å². The average molecular weight is 239 g/mol. The van der Waals surface area contributed by atoms with E-state index in [4.69, 9.17) is 0 Å². The molecule has 0 atom stereocenters. The second kappa shape index (κ2) is 8.65. The molecule has 0 fully saturated rings. The van der Waals surface area contributed by atoms with Gasteiger partial charge in [-0.05, 0) is 0 Å². The van der Waals surface area contributed by atoms with Gasteiger partial charge in [0, 0.05) is 6.04 Å². The Morgan fingerprint density at radius 2 is 1.38 bits per heavy atom. The van der Waals surface area contributed by atoms with E-state index in [-0.39, 0.29) is 0 Å². The minimum Gasteiger partial charge on any atom is -0.212 e. The van der Waals surface area contributed by atoms with Crippen LogP contribution in [0.5, 0.6) is 0 Å². The Kier molecular flexibility index (Phi) is 7.76. The minimum absolute atomic E-state index is 0.340. The predicted octanol–water partition coefficient (Wildman–Crippen LogP) is 1.51. The van der Waals surface area contributed by atoms with Crippen LogP contribution >= 0.6 is 0 Å². The van der Waals surface area contributed by atoms with Crippen molar-refractivity contribution in [1.29, 1.82) is 0 Å². The van der Waals surface area contributed by atoms with Crippen LogP contribution in [-0.2, 0) is 14.4 Å². The van der Waals surface area contributed by atoms with Gasteiger partial charge < -0.3 is 0 Å². The maximum absolute atomic E-state index is 10.2. The Bertz CT molecular complexity index is 307. The lowest BCUT2D eigenvalue weighted by Crippen LogP contribution is -2.27. The van der Waals surface area contributed by atoms with Crippen molar-refractivity contribution in [2.24, 2.45) is 14.0 Å². The molecule has 0 aliphatic rings. The summed E-state index contributed by atoms with van der Waals surface area (Å²) in [6.45, 7) is 2.06. The first-order valence-electron chi connectivity index (χ1n) is 5.01. The zero-order valence-electron chi connectivity index (χ0n) is 9.10. The van der Waals surface area contributed by atoms with Crippen LogP contribution < -0.4 is 0 Å². The fourth-order valence-corrected chi connectivity index (χ4v) is 2.90. The van der Waals surface area contributed by atoms with Crippen molar-refractivity contribution in [2.75, 3.05) is 0 Å². The third-order valence-corrected chi connectivity index (χ3v) is 4.41. The van der Waals surface area contributed by atoms with E-state index in [2.05, 4.69) is 20.9 Å². The van der Waals surface area contributed by atoms with E-state index in [1.807, 2.05) is 0 Å². The Hall–Kier alpha value is -1.64. The highest BCUT2D eigenvalue weighted by atomic mass is 28.4. The van der Waals surface area contributed by atoms with Crippen molar-refractivity contribution >= 4 is 26.8 Å². The summed E-state index contributed by atoms with van der Waals surface area (Å²) in [6.07, 6.45) is 7.65. The Morgan fingerprint density at radius 3 is 1.75 bits per heavy atom. The molecule has 0 aliphatic carbocycles. The van der Waals surface area contributed by atoms with Gasteiger partial charge in [0.2, 0.25) is 18.2 Å². The standard InChI is InChI=1S/C9H13N3O3Si/c1-2-3-4-5-6-16(10-7-13,11-8-14)12-9-15/h2-6H2,1H3. The van der Waals surface area contributed by atoms with E-state index < -0.39 is 8.56 Å². The predicted molar refractivity (Wildman–Crippen MR) is 59.1 cm³/mol. The normalized spacial score (nSPS) is 12.6. The van der Waals surface area contributed by atoms with Gasteiger partial charge in [0.15, 0.2) is 0 Å².